The minimum Gasteiger partial charge on any atom is -0.328 e. The van der Waals surface area contributed by atoms with Crippen molar-refractivity contribution in [3.8, 4) is 0 Å². The minimum atomic E-state index is -3.97. The molecule has 2 aromatic rings. The lowest BCUT2D eigenvalue weighted by Crippen LogP contribution is -2.68. The molecule has 6 nitrogen and oxygen atoms in total. The average Bonchev–Trinajstić information content (AvgIpc) is 3.05. The van der Waals surface area contributed by atoms with Crippen molar-refractivity contribution in [1.29, 1.82) is 0 Å². The van der Waals surface area contributed by atoms with E-state index in [9.17, 15) is 18.0 Å². The number of carbonyl (C=O) groups is 2. The fraction of sp³-hybridized carbons (Fsp3) is 0.333. The summed E-state index contributed by atoms with van der Waals surface area (Å²) in [5.41, 5.74) is 0.665. The molecular formula is C18H20N2O4S2. The van der Waals surface area contributed by atoms with E-state index in [1.54, 1.807) is 19.1 Å². The summed E-state index contributed by atoms with van der Waals surface area (Å²) in [5.74, 6) is -0.858. The first-order chi connectivity index (χ1) is 12.2. The van der Waals surface area contributed by atoms with Crippen molar-refractivity contribution in [2.24, 2.45) is 0 Å². The van der Waals surface area contributed by atoms with Crippen molar-refractivity contribution in [1.82, 2.24) is 9.62 Å². The molecule has 1 N–H and O–H groups in total. The summed E-state index contributed by atoms with van der Waals surface area (Å²) >= 11 is 1.50. The third-order valence-corrected chi connectivity index (χ3v) is 6.78. The van der Waals surface area contributed by atoms with Gasteiger partial charge in [0, 0.05) is 6.54 Å². The molecule has 0 saturated carbocycles. The highest BCUT2D eigenvalue weighted by atomic mass is 32.2. The number of likely N-dealkylation sites (tertiary alicyclic amines) is 1. The van der Waals surface area contributed by atoms with Gasteiger partial charge in [-0.25, -0.2) is 13.1 Å². The smallest absolute Gasteiger partial charge is 0.264 e. The van der Waals surface area contributed by atoms with Crippen LogP contribution >= 0.6 is 11.3 Å². The Balaban J connectivity index is 1.72. The Kier molecular flexibility index (Phi) is 4.90. The van der Waals surface area contributed by atoms with Crippen molar-refractivity contribution in [3.05, 3.63) is 52.2 Å². The van der Waals surface area contributed by atoms with E-state index in [4.69, 9.17) is 0 Å². The van der Waals surface area contributed by atoms with Gasteiger partial charge in [-0.3, -0.25) is 9.59 Å². The second-order valence-electron chi connectivity index (χ2n) is 6.63. The second-order valence-corrected chi connectivity index (χ2v) is 9.09. The lowest BCUT2D eigenvalue weighted by atomic mass is 9.85. The maximum atomic E-state index is 12.6. The predicted molar refractivity (Wildman–Crippen MR) is 99.3 cm³/mol. The highest BCUT2D eigenvalue weighted by Gasteiger charge is 2.50. The van der Waals surface area contributed by atoms with Crippen LogP contribution in [0.1, 0.15) is 24.5 Å². The van der Waals surface area contributed by atoms with Gasteiger partial charge in [-0.15, -0.1) is 0 Å². The van der Waals surface area contributed by atoms with E-state index in [-0.39, 0.29) is 17.2 Å². The SMILES string of the molecule is Cc1ccc(S(=O)(=O)NC(=O)C2(C)CCN2C(=O)Cc2ccsc2)cc1. The quantitative estimate of drug-likeness (QED) is 0.845. The Labute approximate surface area is 156 Å². The van der Waals surface area contributed by atoms with Gasteiger partial charge in [-0.05, 0) is 54.8 Å². The average molecular weight is 393 g/mol. The van der Waals surface area contributed by atoms with Crippen molar-refractivity contribution < 1.29 is 18.0 Å². The zero-order valence-corrected chi connectivity index (χ0v) is 16.2. The predicted octanol–water partition coefficient (Wildman–Crippen LogP) is 2.10. The number of thiophene rings is 1. The standard InChI is InChI=1S/C18H20N2O4S2/c1-13-3-5-15(6-4-13)26(23,24)19-17(22)18(2)8-9-20(18)16(21)11-14-7-10-25-12-14/h3-7,10,12H,8-9,11H2,1-2H3,(H,19,22). The largest absolute Gasteiger partial charge is 0.328 e. The van der Waals surface area contributed by atoms with E-state index < -0.39 is 21.5 Å². The van der Waals surface area contributed by atoms with Gasteiger partial charge in [0.05, 0.1) is 11.3 Å². The van der Waals surface area contributed by atoms with Crippen LogP contribution in [0.15, 0.2) is 46.0 Å². The van der Waals surface area contributed by atoms with E-state index in [0.29, 0.717) is 13.0 Å². The number of benzene rings is 1. The third-order valence-electron chi connectivity index (χ3n) is 4.70. The van der Waals surface area contributed by atoms with Crippen LogP contribution in [0.25, 0.3) is 0 Å². The number of sulfonamides is 1. The zero-order valence-electron chi connectivity index (χ0n) is 14.6. The fourth-order valence-electron chi connectivity index (χ4n) is 2.87. The molecule has 0 spiro atoms. The molecule has 1 aromatic carbocycles. The zero-order chi connectivity index (χ0) is 18.9. The molecule has 0 aliphatic carbocycles. The molecule has 1 unspecified atom stereocenters. The molecule has 0 bridgehead atoms. The van der Waals surface area contributed by atoms with Crippen LogP contribution in [0.2, 0.25) is 0 Å². The van der Waals surface area contributed by atoms with Crippen LogP contribution in [0.3, 0.4) is 0 Å². The Morgan fingerprint density at radius 3 is 2.46 bits per heavy atom. The minimum absolute atomic E-state index is 0.0236. The summed E-state index contributed by atoms with van der Waals surface area (Å²) in [6.07, 6.45) is 0.634. The first-order valence-electron chi connectivity index (χ1n) is 8.18. The van der Waals surface area contributed by atoms with Gasteiger partial charge in [0.1, 0.15) is 5.54 Å². The molecule has 138 valence electrons. The van der Waals surface area contributed by atoms with E-state index in [1.807, 2.05) is 23.8 Å². The number of rotatable bonds is 5. The van der Waals surface area contributed by atoms with Crippen molar-refractivity contribution in [2.45, 2.75) is 37.1 Å². The van der Waals surface area contributed by atoms with Gasteiger partial charge < -0.3 is 4.90 Å². The number of hydrogen-bond donors (Lipinski definition) is 1. The molecular weight excluding hydrogens is 372 g/mol. The first kappa shape index (κ1) is 18.6. The second kappa shape index (κ2) is 6.85. The van der Waals surface area contributed by atoms with Crippen LogP contribution in [0.5, 0.6) is 0 Å². The number of nitrogens with zero attached hydrogens (tertiary/aromatic N) is 1. The van der Waals surface area contributed by atoms with E-state index >= 15 is 0 Å². The number of carbonyl (C=O) groups excluding carboxylic acids is 2. The lowest BCUT2D eigenvalue weighted by molar-refractivity contribution is -0.156. The number of hydrogen-bond acceptors (Lipinski definition) is 5. The Morgan fingerprint density at radius 2 is 1.92 bits per heavy atom. The summed E-state index contributed by atoms with van der Waals surface area (Å²) in [4.78, 5) is 26.6. The van der Waals surface area contributed by atoms with Gasteiger partial charge in [0.25, 0.3) is 15.9 Å². The van der Waals surface area contributed by atoms with Crippen LogP contribution < -0.4 is 4.72 Å². The summed E-state index contributed by atoms with van der Waals surface area (Å²) < 4.78 is 27.0. The van der Waals surface area contributed by atoms with Gasteiger partial charge in [-0.1, -0.05) is 17.7 Å². The third kappa shape index (κ3) is 3.52. The molecule has 1 aliphatic heterocycles. The van der Waals surface area contributed by atoms with Gasteiger partial charge in [0.2, 0.25) is 5.91 Å². The number of aryl methyl sites for hydroxylation is 1. The molecule has 2 heterocycles. The fourth-order valence-corrected chi connectivity index (χ4v) is 4.61. The summed E-state index contributed by atoms with van der Waals surface area (Å²) in [6.45, 7) is 3.89. The molecule has 1 aliphatic rings. The molecule has 1 aromatic heterocycles. The Hall–Kier alpha value is -2.19. The van der Waals surface area contributed by atoms with Crippen molar-refractivity contribution in [2.75, 3.05) is 6.54 Å². The molecule has 26 heavy (non-hydrogen) atoms. The normalized spacial score (nSPS) is 19.7. The van der Waals surface area contributed by atoms with Crippen LogP contribution in [0.4, 0.5) is 0 Å². The molecule has 8 heteroatoms. The monoisotopic (exact) mass is 392 g/mol. The van der Waals surface area contributed by atoms with Crippen LogP contribution in [-0.2, 0) is 26.0 Å². The van der Waals surface area contributed by atoms with Crippen LogP contribution in [-0.4, -0.2) is 37.2 Å². The van der Waals surface area contributed by atoms with Gasteiger partial charge in [0.15, 0.2) is 0 Å². The Bertz CT molecular complexity index is 921. The number of nitrogens with one attached hydrogen (secondary N) is 1. The van der Waals surface area contributed by atoms with Gasteiger partial charge in [-0.2, -0.15) is 11.3 Å². The molecule has 1 saturated heterocycles. The Morgan fingerprint density at radius 1 is 1.23 bits per heavy atom. The van der Waals surface area contributed by atoms with Crippen molar-refractivity contribution in [3.63, 3.8) is 0 Å². The molecule has 2 amide bonds. The maximum Gasteiger partial charge on any atom is 0.264 e. The van der Waals surface area contributed by atoms with E-state index in [1.165, 1.54) is 28.4 Å². The topological polar surface area (TPSA) is 83.6 Å². The molecule has 0 radical (unpaired) electrons. The summed E-state index contributed by atoms with van der Waals surface area (Å²) in [7, 11) is -3.97. The van der Waals surface area contributed by atoms with E-state index in [0.717, 1.165) is 11.1 Å². The van der Waals surface area contributed by atoms with Crippen molar-refractivity contribution >= 4 is 33.2 Å². The van der Waals surface area contributed by atoms with E-state index in [2.05, 4.69) is 4.72 Å². The highest BCUT2D eigenvalue weighted by molar-refractivity contribution is 7.90. The summed E-state index contributed by atoms with van der Waals surface area (Å²) in [5, 5.41) is 3.77. The maximum absolute atomic E-state index is 12.6. The number of amides is 2. The first-order valence-corrected chi connectivity index (χ1v) is 10.6. The summed E-state index contributed by atoms with van der Waals surface area (Å²) in [6, 6.07) is 8.10. The molecule has 1 fully saturated rings. The highest BCUT2D eigenvalue weighted by Crippen LogP contribution is 2.32. The van der Waals surface area contributed by atoms with Gasteiger partial charge >= 0.3 is 0 Å². The molecule has 1 atom stereocenters. The molecule has 3 rings (SSSR count). The van der Waals surface area contributed by atoms with Crippen LogP contribution in [0, 0.1) is 6.92 Å². The lowest BCUT2D eigenvalue weighted by Gasteiger charge is -2.48.